The van der Waals surface area contributed by atoms with E-state index in [2.05, 4.69) is 41.5 Å². The van der Waals surface area contributed by atoms with Crippen LogP contribution in [-0.4, -0.2) is 11.5 Å². The quantitative estimate of drug-likeness (QED) is 0.886. The molecule has 3 rings (SSSR count). The number of hydrogen-bond donors (Lipinski definition) is 1. The maximum atomic E-state index is 4.21. The number of rotatable bonds is 5. The third-order valence-corrected chi connectivity index (χ3v) is 4.81. The maximum absolute atomic E-state index is 4.21. The van der Waals surface area contributed by atoms with E-state index in [4.69, 9.17) is 0 Å². The second-order valence-corrected chi connectivity index (χ2v) is 6.11. The van der Waals surface area contributed by atoms with Crippen LogP contribution in [0.2, 0.25) is 0 Å². The third-order valence-electron chi connectivity index (χ3n) is 3.96. The summed E-state index contributed by atoms with van der Waals surface area (Å²) in [5.41, 5.74) is 4.79. The summed E-state index contributed by atoms with van der Waals surface area (Å²) in [5, 5.41) is 3.57. The van der Waals surface area contributed by atoms with Gasteiger partial charge in [0, 0.05) is 11.1 Å². The van der Waals surface area contributed by atoms with Crippen molar-refractivity contribution < 1.29 is 0 Å². The molecule has 1 fully saturated rings. The van der Waals surface area contributed by atoms with E-state index in [-0.39, 0.29) is 6.04 Å². The summed E-state index contributed by atoms with van der Waals surface area (Å²) < 4.78 is 0. The van der Waals surface area contributed by atoms with Gasteiger partial charge in [0.05, 0.1) is 11.6 Å². The first-order valence-corrected chi connectivity index (χ1v) is 7.98. The van der Waals surface area contributed by atoms with Gasteiger partial charge in [-0.25, -0.2) is 0 Å². The zero-order chi connectivity index (χ0) is 13.1. The van der Waals surface area contributed by atoms with E-state index < -0.39 is 0 Å². The van der Waals surface area contributed by atoms with E-state index in [0.29, 0.717) is 0 Å². The summed E-state index contributed by atoms with van der Waals surface area (Å²) in [5.74, 6) is 0.795. The Hall–Kier alpha value is -1.19. The lowest BCUT2D eigenvalue weighted by Gasteiger charge is -2.27. The minimum atomic E-state index is 0.289. The van der Waals surface area contributed by atoms with Gasteiger partial charge in [-0.05, 0) is 36.4 Å². The standard InChI is InChI=1S/C16H20N2S/c1-2-18-16(15-10-17-11-19-15)14-8-4-7-13(9-14)12-5-3-6-12/h4,7-12,16,18H,2-3,5-6H2,1H3. The predicted octanol–water partition coefficient (Wildman–Crippen LogP) is 4.11. The van der Waals surface area contributed by atoms with Gasteiger partial charge in [0.25, 0.3) is 0 Å². The van der Waals surface area contributed by atoms with Crippen LogP contribution in [-0.2, 0) is 0 Å². The molecule has 2 nitrogen and oxygen atoms in total. The molecule has 3 heteroatoms. The second kappa shape index (κ2) is 5.85. The van der Waals surface area contributed by atoms with Crippen LogP contribution in [0.25, 0.3) is 0 Å². The van der Waals surface area contributed by atoms with Crippen LogP contribution < -0.4 is 5.32 Å². The highest BCUT2D eigenvalue weighted by molar-refractivity contribution is 7.09. The van der Waals surface area contributed by atoms with Crippen LogP contribution in [0, 0.1) is 0 Å². The number of nitrogens with one attached hydrogen (secondary N) is 1. The zero-order valence-corrected chi connectivity index (χ0v) is 12.1. The summed E-state index contributed by atoms with van der Waals surface area (Å²) >= 11 is 1.73. The molecule has 0 amide bonds. The van der Waals surface area contributed by atoms with Gasteiger partial charge in [0.1, 0.15) is 0 Å². The Bertz CT molecular complexity index is 517. The fraction of sp³-hybridized carbons (Fsp3) is 0.438. The van der Waals surface area contributed by atoms with E-state index >= 15 is 0 Å². The monoisotopic (exact) mass is 272 g/mol. The van der Waals surface area contributed by atoms with Gasteiger partial charge in [0.15, 0.2) is 0 Å². The van der Waals surface area contributed by atoms with Crippen molar-refractivity contribution in [2.75, 3.05) is 6.54 Å². The van der Waals surface area contributed by atoms with Crippen molar-refractivity contribution in [2.45, 2.75) is 38.1 Å². The van der Waals surface area contributed by atoms with Crippen molar-refractivity contribution in [1.29, 1.82) is 0 Å². The largest absolute Gasteiger partial charge is 0.306 e. The number of hydrogen-bond acceptors (Lipinski definition) is 3. The maximum Gasteiger partial charge on any atom is 0.0794 e. The molecule has 0 spiro atoms. The van der Waals surface area contributed by atoms with Crippen LogP contribution in [0.4, 0.5) is 0 Å². The first kappa shape index (κ1) is 12.8. The van der Waals surface area contributed by atoms with Crippen molar-refractivity contribution in [3.05, 3.63) is 52.0 Å². The summed E-state index contributed by atoms with van der Waals surface area (Å²) in [7, 11) is 0. The van der Waals surface area contributed by atoms with Crippen molar-refractivity contribution in [1.82, 2.24) is 10.3 Å². The van der Waals surface area contributed by atoms with Gasteiger partial charge < -0.3 is 5.32 Å². The van der Waals surface area contributed by atoms with Crippen LogP contribution in [0.3, 0.4) is 0 Å². The average Bonchev–Trinajstić information content (AvgIpc) is 2.88. The van der Waals surface area contributed by atoms with Crippen molar-refractivity contribution >= 4 is 11.3 Å². The first-order chi connectivity index (χ1) is 9.38. The van der Waals surface area contributed by atoms with E-state index in [1.165, 1.54) is 35.3 Å². The van der Waals surface area contributed by atoms with Gasteiger partial charge in [-0.15, -0.1) is 11.3 Å². The molecule has 1 atom stereocenters. The Labute approximate surface area is 118 Å². The molecule has 1 aliphatic carbocycles. The molecule has 1 saturated carbocycles. The van der Waals surface area contributed by atoms with Gasteiger partial charge in [-0.1, -0.05) is 37.6 Å². The molecular formula is C16H20N2S. The molecule has 0 radical (unpaired) electrons. The molecule has 19 heavy (non-hydrogen) atoms. The fourth-order valence-electron chi connectivity index (χ4n) is 2.69. The Balaban J connectivity index is 1.89. The first-order valence-electron chi connectivity index (χ1n) is 7.10. The Kier molecular flexibility index (Phi) is 3.95. The second-order valence-electron chi connectivity index (χ2n) is 5.19. The van der Waals surface area contributed by atoms with Gasteiger partial charge in [-0.3, -0.25) is 4.98 Å². The van der Waals surface area contributed by atoms with E-state index in [9.17, 15) is 0 Å². The normalized spacial score (nSPS) is 17.1. The molecule has 1 aliphatic rings. The molecule has 1 aromatic heterocycles. The molecule has 0 aliphatic heterocycles. The summed E-state index contributed by atoms with van der Waals surface area (Å²) in [6.45, 7) is 3.13. The highest BCUT2D eigenvalue weighted by Crippen LogP contribution is 2.37. The highest BCUT2D eigenvalue weighted by Gasteiger charge is 2.21. The molecule has 2 aromatic rings. The Morgan fingerprint density at radius 1 is 1.42 bits per heavy atom. The lowest BCUT2D eigenvalue weighted by molar-refractivity contribution is 0.419. The van der Waals surface area contributed by atoms with Gasteiger partial charge in [0.2, 0.25) is 0 Å². The predicted molar refractivity (Wildman–Crippen MR) is 80.7 cm³/mol. The molecule has 100 valence electrons. The van der Waals surface area contributed by atoms with Crippen LogP contribution >= 0.6 is 11.3 Å². The highest BCUT2D eigenvalue weighted by atomic mass is 32.1. The lowest BCUT2D eigenvalue weighted by atomic mass is 9.79. The van der Waals surface area contributed by atoms with Crippen molar-refractivity contribution in [3.8, 4) is 0 Å². The molecule has 0 saturated heterocycles. The molecule has 1 N–H and O–H groups in total. The van der Waals surface area contributed by atoms with E-state index in [0.717, 1.165) is 12.5 Å². The smallest absolute Gasteiger partial charge is 0.0794 e. The van der Waals surface area contributed by atoms with Gasteiger partial charge in [-0.2, -0.15) is 0 Å². The summed E-state index contributed by atoms with van der Waals surface area (Å²) in [6.07, 6.45) is 6.08. The topological polar surface area (TPSA) is 24.9 Å². The van der Waals surface area contributed by atoms with Crippen LogP contribution in [0.1, 0.15) is 54.1 Å². The number of thiazole rings is 1. The lowest BCUT2D eigenvalue weighted by Crippen LogP contribution is -2.21. The van der Waals surface area contributed by atoms with Crippen molar-refractivity contribution in [2.24, 2.45) is 0 Å². The zero-order valence-electron chi connectivity index (χ0n) is 11.3. The minimum Gasteiger partial charge on any atom is -0.306 e. The molecule has 1 unspecified atom stereocenters. The number of nitrogens with zero attached hydrogens (tertiary/aromatic N) is 1. The van der Waals surface area contributed by atoms with Crippen molar-refractivity contribution in [3.63, 3.8) is 0 Å². The number of benzene rings is 1. The van der Waals surface area contributed by atoms with Gasteiger partial charge >= 0.3 is 0 Å². The van der Waals surface area contributed by atoms with Crippen LogP contribution in [0.15, 0.2) is 36.0 Å². The SMILES string of the molecule is CCNC(c1cccc(C2CCC2)c1)c1cncs1. The molecule has 0 bridgehead atoms. The molecule has 1 heterocycles. The fourth-order valence-corrected chi connectivity index (χ4v) is 3.41. The number of aromatic nitrogens is 1. The Morgan fingerprint density at radius 3 is 2.95 bits per heavy atom. The average molecular weight is 272 g/mol. The molecular weight excluding hydrogens is 252 g/mol. The van der Waals surface area contributed by atoms with E-state index in [1.807, 2.05) is 11.7 Å². The Morgan fingerprint density at radius 2 is 2.32 bits per heavy atom. The minimum absolute atomic E-state index is 0.289. The summed E-state index contributed by atoms with van der Waals surface area (Å²) in [4.78, 5) is 5.51. The molecule has 1 aromatic carbocycles. The van der Waals surface area contributed by atoms with E-state index in [1.54, 1.807) is 11.3 Å². The summed E-state index contributed by atoms with van der Waals surface area (Å²) in [6, 6.07) is 9.39. The third kappa shape index (κ3) is 2.72. The van der Waals surface area contributed by atoms with Crippen LogP contribution in [0.5, 0.6) is 0 Å².